The van der Waals surface area contributed by atoms with Crippen LogP contribution in [0, 0.1) is 11.8 Å². The first-order chi connectivity index (χ1) is 6.10. The zero-order valence-corrected chi connectivity index (χ0v) is 8.92. The molecule has 0 aromatic heterocycles. The van der Waals surface area contributed by atoms with Gasteiger partial charge in [0.15, 0.2) is 0 Å². The first-order valence-electron chi connectivity index (χ1n) is 5.43. The summed E-state index contributed by atoms with van der Waals surface area (Å²) in [4.78, 5) is 0. The first-order valence-corrected chi connectivity index (χ1v) is 5.43. The molecule has 1 saturated carbocycles. The van der Waals surface area contributed by atoms with Gasteiger partial charge in [-0.2, -0.15) is 0 Å². The van der Waals surface area contributed by atoms with Crippen LogP contribution in [0.4, 0.5) is 0 Å². The summed E-state index contributed by atoms with van der Waals surface area (Å²) in [5.74, 6) is 1.06. The topological polar surface area (TPSA) is 20.2 Å². The molecule has 1 nitrogen and oxygen atoms in total. The van der Waals surface area contributed by atoms with Crippen molar-refractivity contribution in [3.8, 4) is 0 Å². The molecule has 1 rings (SSSR count). The molecule has 1 aliphatic carbocycles. The van der Waals surface area contributed by atoms with Crippen LogP contribution in [0.2, 0.25) is 0 Å². The molecule has 0 radical (unpaired) electrons. The van der Waals surface area contributed by atoms with E-state index in [0.29, 0.717) is 11.8 Å². The molecule has 0 aliphatic heterocycles. The number of aliphatic hydroxyl groups is 1. The lowest BCUT2D eigenvalue weighted by atomic mass is 9.69. The van der Waals surface area contributed by atoms with Crippen molar-refractivity contribution in [3.05, 3.63) is 12.7 Å². The Labute approximate surface area is 81.9 Å². The van der Waals surface area contributed by atoms with Gasteiger partial charge in [-0.05, 0) is 31.1 Å². The van der Waals surface area contributed by atoms with Crippen molar-refractivity contribution in [2.75, 3.05) is 0 Å². The van der Waals surface area contributed by atoms with Gasteiger partial charge >= 0.3 is 0 Å². The smallest absolute Gasteiger partial charge is 0.0712 e. The Morgan fingerprint density at radius 1 is 1.54 bits per heavy atom. The van der Waals surface area contributed by atoms with Gasteiger partial charge in [0.25, 0.3) is 0 Å². The zero-order chi connectivity index (χ0) is 9.90. The molecule has 76 valence electrons. The molecule has 1 heteroatoms. The Morgan fingerprint density at radius 3 is 2.77 bits per heavy atom. The van der Waals surface area contributed by atoms with E-state index in [9.17, 15) is 5.11 Å². The quantitative estimate of drug-likeness (QED) is 0.665. The molecule has 0 saturated heterocycles. The maximum absolute atomic E-state index is 10.4. The van der Waals surface area contributed by atoms with E-state index in [0.717, 1.165) is 12.8 Å². The lowest BCUT2D eigenvalue weighted by Gasteiger charge is -2.42. The largest absolute Gasteiger partial charge is 0.389 e. The normalized spacial score (nSPS) is 34.9. The third-order valence-corrected chi connectivity index (χ3v) is 3.37. The predicted molar refractivity (Wildman–Crippen MR) is 56.6 cm³/mol. The summed E-state index contributed by atoms with van der Waals surface area (Å²) in [6.45, 7) is 8.16. The minimum atomic E-state index is -0.450. The van der Waals surface area contributed by atoms with Crippen molar-refractivity contribution >= 4 is 0 Å². The van der Waals surface area contributed by atoms with Crippen LogP contribution < -0.4 is 0 Å². The van der Waals surface area contributed by atoms with Crippen LogP contribution in [0.1, 0.15) is 46.0 Å². The van der Waals surface area contributed by atoms with Gasteiger partial charge in [-0.1, -0.05) is 32.8 Å². The van der Waals surface area contributed by atoms with Crippen molar-refractivity contribution in [3.63, 3.8) is 0 Å². The van der Waals surface area contributed by atoms with Gasteiger partial charge in [-0.3, -0.25) is 0 Å². The van der Waals surface area contributed by atoms with Crippen LogP contribution in [0.3, 0.4) is 0 Å². The molecule has 13 heavy (non-hydrogen) atoms. The monoisotopic (exact) mass is 182 g/mol. The van der Waals surface area contributed by atoms with Crippen LogP contribution in [0.5, 0.6) is 0 Å². The van der Waals surface area contributed by atoms with E-state index in [1.165, 1.54) is 19.3 Å². The van der Waals surface area contributed by atoms with Gasteiger partial charge in [0.05, 0.1) is 5.60 Å². The van der Waals surface area contributed by atoms with Crippen molar-refractivity contribution in [1.29, 1.82) is 0 Å². The van der Waals surface area contributed by atoms with E-state index < -0.39 is 5.60 Å². The van der Waals surface area contributed by atoms with Crippen LogP contribution in [0.25, 0.3) is 0 Å². The maximum Gasteiger partial charge on any atom is 0.0712 e. The third-order valence-electron chi connectivity index (χ3n) is 3.37. The van der Waals surface area contributed by atoms with Crippen LogP contribution in [-0.4, -0.2) is 10.7 Å². The third kappa shape index (κ3) is 2.34. The second-order valence-electron chi connectivity index (χ2n) is 4.69. The van der Waals surface area contributed by atoms with Crippen molar-refractivity contribution < 1.29 is 5.11 Å². The molecule has 0 aromatic carbocycles. The molecule has 0 spiro atoms. The Balaban J connectivity index is 2.70. The van der Waals surface area contributed by atoms with Crippen molar-refractivity contribution in [1.82, 2.24) is 0 Å². The summed E-state index contributed by atoms with van der Waals surface area (Å²) < 4.78 is 0. The molecule has 1 N–H and O–H groups in total. The zero-order valence-electron chi connectivity index (χ0n) is 8.92. The van der Waals surface area contributed by atoms with E-state index in [2.05, 4.69) is 20.4 Å². The lowest BCUT2D eigenvalue weighted by Crippen LogP contribution is -2.42. The van der Waals surface area contributed by atoms with Gasteiger partial charge in [0, 0.05) is 0 Å². The summed E-state index contributed by atoms with van der Waals surface area (Å²) in [7, 11) is 0. The molecule has 0 aromatic rings. The van der Waals surface area contributed by atoms with E-state index in [1.807, 2.05) is 6.08 Å². The maximum atomic E-state index is 10.4. The SMILES string of the molecule is C=CCC1(O)CCCCC1C(C)C. The number of hydrogen-bond acceptors (Lipinski definition) is 1. The fourth-order valence-electron chi connectivity index (χ4n) is 2.71. The van der Waals surface area contributed by atoms with E-state index in [-0.39, 0.29) is 0 Å². The molecule has 1 aliphatic rings. The molecule has 2 unspecified atom stereocenters. The Bertz CT molecular complexity index is 174. The number of rotatable bonds is 3. The van der Waals surface area contributed by atoms with Gasteiger partial charge in [-0.15, -0.1) is 6.58 Å². The highest BCUT2D eigenvalue weighted by Gasteiger charge is 2.38. The highest BCUT2D eigenvalue weighted by molar-refractivity contribution is 4.95. The molecular weight excluding hydrogens is 160 g/mol. The molecule has 1 fully saturated rings. The van der Waals surface area contributed by atoms with E-state index >= 15 is 0 Å². The van der Waals surface area contributed by atoms with Crippen LogP contribution in [0.15, 0.2) is 12.7 Å². The summed E-state index contributed by atoms with van der Waals surface area (Å²) in [6.07, 6.45) is 7.22. The van der Waals surface area contributed by atoms with E-state index in [1.54, 1.807) is 0 Å². The Kier molecular flexibility index (Phi) is 3.55. The molecule has 0 heterocycles. The van der Waals surface area contributed by atoms with Crippen LogP contribution >= 0.6 is 0 Å². The number of hydrogen-bond donors (Lipinski definition) is 1. The first kappa shape index (κ1) is 10.8. The summed E-state index contributed by atoms with van der Waals surface area (Å²) in [5.41, 5.74) is -0.450. The van der Waals surface area contributed by atoms with Crippen LogP contribution in [-0.2, 0) is 0 Å². The molecular formula is C12H22O. The summed E-state index contributed by atoms with van der Waals surface area (Å²) >= 11 is 0. The fraction of sp³-hybridized carbons (Fsp3) is 0.833. The van der Waals surface area contributed by atoms with Crippen molar-refractivity contribution in [2.45, 2.75) is 51.6 Å². The highest BCUT2D eigenvalue weighted by atomic mass is 16.3. The van der Waals surface area contributed by atoms with Crippen molar-refractivity contribution in [2.24, 2.45) is 11.8 Å². The highest BCUT2D eigenvalue weighted by Crippen LogP contribution is 2.40. The van der Waals surface area contributed by atoms with E-state index in [4.69, 9.17) is 0 Å². The van der Waals surface area contributed by atoms with Gasteiger partial charge in [0.2, 0.25) is 0 Å². The minimum Gasteiger partial charge on any atom is -0.389 e. The lowest BCUT2D eigenvalue weighted by molar-refractivity contribution is -0.0631. The second kappa shape index (κ2) is 4.28. The van der Waals surface area contributed by atoms with Gasteiger partial charge in [0.1, 0.15) is 0 Å². The van der Waals surface area contributed by atoms with Gasteiger partial charge < -0.3 is 5.11 Å². The fourth-order valence-corrected chi connectivity index (χ4v) is 2.71. The molecule has 2 atom stereocenters. The second-order valence-corrected chi connectivity index (χ2v) is 4.69. The predicted octanol–water partition coefficient (Wildman–Crippen LogP) is 3.14. The minimum absolute atomic E-state index is 0.450. The summed E-state index contributed by atoms with van der Waals surface area (Å²) in [5, 5.41) is 10.4. The Hall–Kier alpha value is -0.300. The molecule has 0 amide bonds. The standard InChI is InChI=1S/C12H22O/c1-4-8-12(13)9-6-5-7-11(12)10(2)3/h4,10-11,13H,1,5-9H2,2-3H3. The van der Waals surface area contributed by atoms with Gasteiger partial charge in [-0.25, -0.2) is 0 Å². The Morgan fingerprint density at radius 2 is 2.23 bits per heavy atom. The average molecular weight is 182 g/mol. The molecule has 0 bridgehead atoms. The summed E-state index contributed by atoms with van der Waals surface area (Å²) in [6, 6.07) is 0. The average Bonchev–Trinajstić information content (AvgIpc) is 2.04.